The first-order valence-electron chi connectivity index (χ1n) is 11.7. The average molecular weight is 507 g/mol. The van der Waals surface area contributed by atoms with Crippen LogP contribution >= 0.6 is 0 Å². The van der Waals surface area contributed by atoms with Crippen LogP contribution in [-0.2, 0) is 15.8 Å². The number of carbonyl (C=O) groups is 1. The molecule has 1 fully saturated rings. The fraction of sp³-hybridized carbons (Fsp3) is 0.269. The molecule has 5 rings (SSSR count). The van der Waals surface area contributed by atoms with E-state index in [-0.39, 0.29) is 29.2 Å². The zero-order chi connectivity index (χ0) is 25.3. The van der Waals surface area contributed by atoms with Crippen molar-refractivity contribution < 1.29 is 23.1 Å². The largest absolute Gasteiger partial charge is 0.507 e. The highest BCUT2D eigenvalue weighted by atomic mass is 32.2. The first kappa shape index (κ1) is 23.8. The fourth-order valence-corrected chi connectivity index (χ4v) is 5.80. The topological polar surface area (TPSA) is 135 Å². The number of nitrogens with two attached hydrogens (primary N) is 1. The van der Waals surface area contributed by atoms with Crippen molar-refractivity contribution in [2.45, 2.75) is 18.6 Å². The second-order valence-corrected chi connectivity index (χ2v) is 10.6. The number of amidine groups is 1. The molecule has 3 aromatic rings. The molecule has 1 atom stereocenters. The predicted molar refractivity (Wildman–Crippen MR) is 135 cm³/mol. The van der Waals surface area contributed by atoms with E-state index in [0.29, 0.717) is 53.4 Å². The summed E-state index contributed by atoms with van der Waals surface area (Å²) in [6.45, 7) is 1.53. The number of sulfonamides is 1. The average Bonchev–Trinajstić information content (AvgIpc) is 2.86. The standard InChI is InChI=1S/C26H26N4O5S/c27-25-24-19(16-36(33,34)29-25)6-3-9-23(24)35-15-17-5-4-12-30(14-17)26(32)18-10-11-28-21(13-18)20-7-1-2-8-22(20)31/h1-3,6-11,13,17,31H,4-5,12,14-16H2,(H2,27,29)/t17-/m0/s1. The van der Waals surface area contributed by atoms with Crippen molar-refractivity contribution in [1.29, 1.82) is 0 Å². The lowest BCUT2D eigenvalue weighted by Gasteiger charge is -2.33. The van der Waals surface area contributed by atoms with E-state index in [4.69, 9.17) is 10.5 Å². The Balaban J connectivity index is 1.28. The molecule has 2 aliphatic heterocycles. The lowest BCUT2D eigenvalue weighted by molar-refractivity contribution is 0.0633. The maximum Gasteiger partial charge on any atom is 0.259 e. The number of phenolic OH excluding ortho intramolecular Hbond substituents is 1. The minimum Gasteiger partial charge on any atom is -0.507 e. The van der Waals surface area contributed by atoms with Crippen LogP contribution in [-0.4, -0.2) is 54.8 Å². The Morgan fingerprint density at radius 3 is 2.83 bits per heavy atom. The summed E-state index contributed by atoms with van der Waals surface area (Å²) >= 11 is 0. The zero-order valence-corrected chi connectivity index (χ0v) is 20.3. The molecule has 0 spiro atoms. The Morgan fingerprint density at radius 2 is 2.00 bits per heavy atom. The predicted octanol–water partition coefficient (Wildman–Crippen LogP) is 2.93. The summed E-state index contributed by atoms with van der Waals surface area (Å²) < 4.78 is 33.5. The van der Waals surface area contributed by atoms with E-state index in [1.807, 2.05) is 11.0 Å². The van der Waals surface area contributed by atoms with Gasteiger partial charge in [0.15, 0.2) is 0 Å². The highest BCUT2D eigenvalue weighted by Gasteiger charge is 2.28. The molecule has 3 heterocycles. The summed E-state index contributed by atoms with van der Waals surface area (Å²) in [5.41, 5.74) is 8.63. The molecule has 186 valence electrons. The van der Waals surface area contributed by atoms with Crippen LogP contribution < -0.4 is 10.5 Å². The van der Waals surface area contributed by atoms with E-state index in [1.165, 1.54) is 0 Å². The molecule has 1 amide bonds. The third kappa shape index (κ3) is 4.90. The number of piperidine rings is 1. The van der Waals surface area contributed by atoms with Gasteiger partial charge in [0.2, 0.25) is 0 Å². The van der Waals surface area contributed by atoms with Gasteiger partial charge in [-0.2, -0.15) is 0 Å². The van der Waals surface area contributed by atoms with Gasteiger partial charge < -0.3 is 20.5 Å². The number of fused-ring (bicyclic) bond motifs is 1. The number of nitrogens with zero attached hydrogens (tertiary/aromatic N) is 3. The SMILES string of the molecule is NC1=NS(=O)(=O)Cc2cccc(OC[C@H]3CCCN(C(=O)c4ccnc(-c5ccccc5O)c4)C3)c21. The van der Waals surface area contributed by atoms with Gasteiger partial charge >= 0.3 is 0 Å². The molecule has 0 aliphatic carbocycles. The molecule has 10 heteroatoms. The van der Waals surface area contributed by atoms with E-state index in [1.54, 1.807) is 54.7 Å². The van der Waals surface area contributed by atoms with Crippen molar-refractivity contribution in [3.05, 3.63) is 77.5 Å². The minimum absolute atomic E-state index is 0.0646. The zero-order valence-electron chi connectivity index (χ0n) is 19.5. The fourth-order valence-electron chi connectivity index (χ4n) is 4.71. The number of aromatic nitrogens is 1. The number of pyridine rings is 1. The number of ether oxygens (including phenoxy) is 1. The van der Waals surface area contributed by atoms with Gasteiger partial charge in [-0.05, 0) is 48.7 Å². The molecule has 3 N–H and O–H groups in total. The highest BCUT2D eigenvalue weighted by Crippen LogP contribution is 2.30. The van der Waals surface area contributed by atoms with Gasteiger partial charge in [-0.15, -0.1) is 4.40 Å². The number of likely N-dealkylation sites (tertiary alicyclic amines) is 1. The summed E-state index contributed by atoms with van der Waals surface area (Å²) in [5.74, 6) is 0.330. The molecule has 0 radical (unpaired) electrons. The molecule has 2 aliphatic rings. The number of benzene rings is 2. The van der Waals surface area contributed by atoms with Crippen LogP contribution in [0.4, 0.5) is 0 Å². The minimum atomic E-state index is -3.62. The lowest BCUT2D eigenvalue weighted by Crippen LogP contribution is -2.41. The number of amides is 1. The van der Waals surface area contributed by atoms with Crippen LogP contribution in [0.1, 0.15) is 34.3 Å². The third-order valence-electron chi connectivity index (χ3n) is 6.41. The van der Waals surface area contributed by atoms with Crippen LogP contribution in [0.5, 0.6) is 11.5 Å². The second kappa shape index (κ2) is 9.62. The summed E-state index contributed by atoms with van der Waals surface area (Å²) in [5, 5.41) is 10.2. The molecule has 2 aromatic carbocycles. The monoisotopic (exact) mass is 506 g/mol. The molecule has 1 saturated heterocycles. The van der Waals surface area contributed by atoms with Crippen molar-refractivity contribution in [3.63, 3.8) is 0 Å². The Bertz CT molecular complexity index is 1450. The van der Waals surface area contributed by atoms with Crippen LogP contribution in [0.3, 0.4) is 0 Å². The number of hydrogen-bond acceptors (Lipinski definition) is 7. The number of carbonyl (C=O) groups excluding carboxylic acids is 1. The van der Waals surface area contributed by atoms with E-state index in [2.05, 4.69) is 9.38 Å². The highest BCUT2D eigenvalue weighted by molar-refractivity contribution is 7.89. The lowest BCUT2D eigenvalue weighted by atomic mass is 9.98. The normalized spacial score (nSPS) is 18.7. The molecule has 0 bridgehead atoms. The number of hydrogen-bond donors (Lipinski definition) is 2. The van der Waals surface area contributed by atoms with Crippen molar-refractivity contribution >= 4 is 21.8 Å². The Hall–Kier alpha value is -3.92. The van der Waals surface area contributed by atoms with Gasteiger partial charge in [0.25, 0.3) is 15.9 Å². The maximum absolute atomic E-state index is 13.3. The van der Waals surface area contributed by atoms with Gasteiger partial charge in [0.05, 0.1) is 23.6 Å². The Morgan fingerprint density at radius 1 is 1.17 bits per heavy atom. The van der Waals surface area contributed by atoms with E-state index in [9.17, 15) is 18.3 Å². The number of phenols is 1. The van der Waals surface area contributed by atoms with E-state index >= 15 is 0 Å². The van der Waals surface area contributed by atoms with Gasteiger partial charge in [-0.25, -0.2) is 8.42 Å². The summed E-state index contributed by atoms with van der Waals surface area (Å²) in [7, 11) is -3.62. The van der Waals surface area contributed by atoms with Crippen LogP contribution in [0.25, 0.3) is 11.3 Å². The summed E-state index contributed by atoms with van der Waals surface area (Å²) in [6, 6.07) is 15.5. The third-order valence-corrected chi connectivity index (χ3v) is 7.56. The molecular weight excluding hydrogens is 480 g/mol. The van der Waals surface area contributed by atoms with Gasteiger partial charge in [-0.1, -0.05) is 24.3 Å². The number of aromatic hydroxyl groups is 1. The van der Waals surface area contributed by atoms with Crippen LogP contribution in [0.15, 0.2) is 65.2 Å². The first-order chi connectivity index (χ1) is 17.3. The van der Waals surface area contributed by atoms with Crippen LogP contribution in [0.2, 0.25) is 0 Å². The van der Waals surface area contributed by atoms with Crippen molar-refractivity contribution in [2.75, 3.05) is 19.7 Å². The number of para-hydroxylation sites is 1. The van der Waals surface area contributed by atoms with Crippen molar-refractivity contribution in [3.8, 4) is 22.8 Å². The molecular formula is C26H26N4O5S. The smallest absolute Gasteiger partial charge is 0.259 e. The number of rotatable bonds is 5. The Labute approximate surface area is 209 Å². The van der Waals surface area contributed by atoms with Gasteiger partial charge in [0, 0.05) is 36.3 Å². The van der Waals surface area contributed by atoms with Gasteiger partial charge in [0.1, 0.15) is 17.3 Å². The van der Waals surface area contributed by atoms with Crippen LogP contribution in [0, 0.1) is 5.92 Å². The second-order valence-electron chi connectivity index (χ2n) is 9.01. The Kier molecular flexibility index (Phi) is 6.36. The molecule has 1 aromatic heterocycles. The van der Waals surface area contributed by atoms with Gasteiger partial charge in [-0.3, -0.25) is 9.78 Å². The molecule has 36 heavy (non-hydrogen) atoms. The van der Waals surface area contributed by atoms with Crippen molar-refractivity contribution in [1.82, 2.24) is 9.88 Å². The maximum atomic E-state index is 13.3. The van der Waals surface area contributed by atoms with E-state index in [0.717, 1.165) is 12.8 Å². The molecule has 0 saturated carbocycles. The first-order valence-corrected chi connectivity index (χ1v) is 13.3. The molecule has 9 nitrogen and oxygen atoms in total. The van der Waals surface area contributed by atoms with E-state index < -0.39 is 10.0 Å². The molecule has 0 unspecified atom stereocenters. The van der Waals surface area contributed by atoms with Crippen molar-refractivity contribution in [2.24, 2.45) is 16.0 Å². The summed E-state index contributed by atoms with van der Waals surface area (Å²) in [6.07, 6.45) is 3.31. The quantitative estimate of drug-likeness (QED) is 0.543. The summed E-state index contributed by atoms with van der Waals surface area (Å²) in [4.78, 5) is 19.4.